The van der Waals surface area contributed by atoms with Crippen LogP contribution in [0.1, 0.15) is 17.9 Å². The van der Waals surface area contributed by atoms with E-state index in [1.54, 1.807) is 0 Å². The molecule has 1 aromatic heterocycles. The van der Waals surface area contributed by atoms with Crippen LogP contribution in [0.4, 0.5) is 0 Å². The highest BCUT2D eigenvalue weighted by Gasteiger charge is 2.05. The van der Waals surface area contributed by atoms with Crippen molar-refractivity contribution in [2.24, 2.45) is 0 Å². The van der Waals surface area contributed by atoms with E-state index >= 15 is 0 Å². The van der Waals surface area contributed by atoms with Gasteiger partial charge in [0.2, 0.25) is 0 Å². The molecule has 0 aliphatic carbocycles. The zero-order chi connectivity index (χ0) is 6.85. The van der Waals surface area contributed by atoms with Crippen LogP contribution in [-0.2, 0) is 0 Å². The second-order valence-electron chi connectivity index (χ2n) is 1.77. The van der Waals surface area contributed by atoms with Gasteiger partial charge in [0, 0.05) is 0 Å². The Balaban J connectivity index is 2.94. The van der Waals surface area contributed by atoms with E-state index in [1.165, 1.54) is 11.3 Å². The summed E-state index contributed by atoms with van der Waals surface area (Å²) in [5.41, 5.74) is 1.03. The summed E-state index contributed by atoms with van der Waals surface area (Å²) in [6.45, 7) is 1.91. The molecule has 0 amide bonds. The van der Waals surface area contributed by atoms with Gasteiger partial charge in [-0.1, -0.05) is 11.6 Å². The van der Waals surface area contributed by atoms with Crippen LogP contribution in [0.2, 0.25) is 4.34 Å². The van der Waals surface area contributed by atoms with Crippen molar-refractivity contribution in [3.8, 4) is 0 Å². The summed E-state index contributed by atoms with van der Waals surface area (Å²) in [4.78, 5) is 0. The lowest BCUT2D eigenvalue weighted by molar-refractivity contribution is 1.10. The number of alkyl halides is 1. The maximum absolute atomic E-state index is 5.77. The van der Waals surface area contributed by atoms with Crippen molar-refractivity contribution >= 4 is 34.5 Å². The lowest BCUT2D eigenvalue weighted by Gasteiger charge is -1.96. The van der Waals surface area contributed by atoms with Crippen molar-refractivity contribution in [2.75, 3.05) is 0 Å². The van der Waals surface area contributed by atoms with E-state index < -0.39 is 0 Å². The largest absolute Gasteiger partial charge is 0.132 e. The predicted molar refractivity (Wildman–Crippen MR) is 43.6 cm³/mol. The minimum Gasteiger partial charge on any atom is -0.132 e. The minimum absolute atomic E-state index is 0.0312. The van der Waals surface area contributed by atoms with Gasteiger partial charge in [0.05, 0.1) is 9.71 Å². The number of hydrogen-bond donors (Lipinski definition) is 0. The van der Waals surface area contributed by atoms with E-state index in [0.717, 1.165) is 9.90 Å². The number of hydrogen-bond acceptors (Lipinski definition) is 1. The van der Waals surface area contributed by atoms with Crippen LogP contribution in [0.15, 0.2) is 11.4 Å². The Bertz CT molecular complexity index is 193. The zero-order valence-electron chi connectivity index (χ0n) is 4.90. The first kappa shape index (κ1) is 7.39. The molecule has 0 aliphatic heterocycles. The fraction of sp³-hybridized carbons (Fsp3) is 0.333. The molecule has 0 N–H and O–H groups in total. The maximum atomic E-state index is 5.77. The third-order valence-electron chi connectivity index (χ3n) is 1.07. The highest BCUT2D eigenvalue weighted by Crippen LogP contribution is 2.31. The quantitative estimate of drug-likeness (QED) is 0.579. The zero-order valence-corrected chi connectivity index (χ0v) is 7.22. The van der Waals surface area contributed by atoms with Gasteiger partial charge in [-0.3, -0.25) is 0 Å². The topological polar surface area (TPSA) is 0 Å². The molecule has 0 aliphatic rings. The Morgan fingerprint density at radius 2 is 2.33 bits per heavy atom. The van der Waals surface area contributed by atoms with Crippen LogP contribution >= 0.6 is 34.5 Å². The predicted octanol–water partition coefficient (Wildman–Crippen LogP) is 3.70. The van der Waals surface area contributed by atoms with Crippen LogP contribution in [0.3, 0.4) is 0 Å². The van der Waals surface area contributed by atoms with Gasteiger partial charge in [-0.15, -0.1) is 22.9 Å². The molecule has 0 spiro atoms. The van der Waals surface area contributed by atoms with Crippen molar-refractivity contribution in [1.82, 2.24) is 0 Å². The van der Waals surface area contributed by atoms with E-state index in [4.69, 9.17) is 23.2 Å². The molecule has 0 fully saturated rings. The summed E-state index contributed by atoms with van der Waals surface area (Å²) in [5.74, 6) is 0. The Kier molecular flexibility index (Phi) is 2.39. The molecule has 9 heavy (non-hydrogen) atoms. The molecule has 0 radical (unpaired) electrons. The van der Waals surface area contributed by atoms with Crippen molar-refractivity contribution in [1.29, 1.82) is 0 Å². The van der Waals surface area contributed by atoms with Crippen LogP contribution in [0.25, 0.3) is 0 Å². The molecule has 1 atom stereocenters. The summed E-state index contributed by atoms with van der Waals surface area (Å²) < 4.78 is 0.803. The van der Waals surface area contributed by atoms with Crippen LogP contribution in [0, 0.1) is 0 Å². The Morgan fingerprint density at radius 3 is 2.56 bits per heavy atom. The van der Waals surface area contributed by atoms with E-state index in [1.807, 2.05) is 18.4 Å². The molecular weight excluding hydrogens is 175 g/mol. The van der Waals surface area contributed by atoms with Gasteiger partial charge in [0.25, 0.3) is 0 Å². The molecule has 0 saturated heterocycles. The first-order chi connectivity index (χ1) is 4.22. The molecule has 1 aromatic rings. The second-order valence-corrected chi connectivity index (χ2v) is 3.94. The molecule has 0 saturated carbocycles. The first-order valence-corrected chi connectivity index (χ1v) is 4.28. The molecule has 1 unspecified atom stereocenters. The van der Waals surface area contributed by atoms with Crippen molar-refractivity contribution < 1.29 is 0 Å². The average Bonchev–Trinajstić information content (AvgIpc) is 2.13. The van der Waals surface area contributed by atoms with Gasteiger partial charge in [0.15, 0.2) is 0 Å². The Hall–Kier alpha value is 0.280. The van der Waals surface area contributed by atoms with Crippen LogP contribution < -0.4 is 0 Å². The second kappa shape index (κ2) is 2.91. The fourth-order valence-corrected chi connectivity index (χ4v) is 1.99. The van der Waals surface area contributed by atoms with Crippen molar-refractivity contribution in [2.45, 2.75) is 12.3 Å². The van der Waals surface area contributed by atoms with Gasteiger partial charge >= 0.3 is 0 Å². The van der Waals surface area contributed by atoms with Gasteiger partial charge in [-0.05, 0) is 23.9 Å². The molecule has 3 heteroatoms. The smallest absolute Gasteiger partial charge is 0.0975 e. The highest BCUT2D eigenvalue weighted by molar-refractivity contribution is 7.14. The Labute approximate surface area is 68.4 Å². The first-order valence-electron chi connectivity index (χ1n) is 2.59. The van der Waals surface area contributed by atoms with Gasteiger partial charge in [-0.25, -0.2) is 0 Å². The van der Waals surface area contributed by atoms with Gasteiger partial charge in [0.1, 0.15) is 0 Å². The third kappa shape index (κ3) is 1.60. The molecule has 0 aromatic carbocycles. The van der Waals surface area contributed by atoms with E-state index in [-0.39, 0.29) is 5.38 Å². The van der Waals surface area contributed by atoms with E-state index in [9.17, 15) is 0 Å². The van der Waals surface area contributed by atoms with Crippen LogP contribution in [0.5, 0.6) is 0 Å². The van der Waals surface area contributed by atoms with E-state index in [0.29, 0.717) is 0 Å². The number of thiophene rings is 1. The fourth-order valence-electron chi connectivity index (χ4n) is 0.590. The number of rotatable bonds is 1. The maximum Gasteiger partial charge on any atom is 0.0975 e. The SMILES string of the molecule is CC(Cl)c1ccsc1Cl. The molecule has 1 heterocycles. The van der Waals surface area contributed by atoms with Crippen LogP contribution in [-0.4, -0.2) is 0 Å². The summed E-state index contributed by atoms with van der Waals surface area (Å²) in [6, 6.07) is 1.95. The summed E-state index contributed by atoms with van der Waals surface area (Å²) in [7, 11) is 0. The standard InChI is InChI=1S/C6H6Cl2S/c1-4(7)5-2-3-9-6(5)8/h2-4H,1H3. The normalized spacial score (nSPS) is 13.7. The molecule has 0 bridgehead atoms. The summed E-state index contributed by atoms with van der Waals surface area (Å²) in [6.07, 6.45) is 0. The van der Waals surface area contributed by atoms with Crippen molar-refractivity contribution in [3.05, 3.63) is 21.3 Å². The minimum atomic E-state index is 0.0312. The molecule has 50 valence electrons. The molecule has 0 nitrogen and oxygen atoms in total. The van der Waals surface area contributed by atoms with Gasteiger partial charge < -0.3 is 0 Å². The third-order valence-corrected chi connectivity index (χ3v) is 2.51. The lowest BCUT2D eigenvalue weighted by Crippen LogP contribution is -1.77. The number of halogens is 2. The molecule has 1 rings (SSSR count). The molecular formula is C6H6Cl2S. The lowest BCUT2D eigenvalue weighted by atomic mass is 10.3. The van der Waals surface area contributed by atoms with E-state index in [2.05, 4.69) is 0 Å². The average molecular weight is 181 g/mol. The monoisotopic (exact) mass is 180 g/mol. The Morgan fingerprint density at radius 1 is 1.67 bits per heavy atom. The summed E-state index contributed by atoms with van der Waals surface area (Å²) >= 11 is 13.1. The summed E-state index contributed by atoms with van der Waals surface area (Å²) in [5, 5.41) is 1.97. The van der Waals surface area contributed by atoms with Crippen molar-refractivity contribution in [3.63, 3.8) is 0 Å². The highest BCUT2D eigenvalue weighted by atomic mass is 35.5. The van der Waals surface area contributed by atoms with Gasteiger partial charge in [-0.2, -0.15) is 0 Å².